The predicted octanol–water partition coefficient (Wildman–Crippen LogP) is 3.11. The molecule has 5 heteroatoms. The standard InChI is InChI=1S/C13H15IN4/c1-7-5-10(6-8(2)16-7)12-17-9(3)11(14)13(15-4)18-12/h5-6H,1-4H3,(H,15,17,18). The second-order valence-electron chi connectivity index (χ2n) is 4.18. The largest absolute Gasteiger partial charge is 0.372 e. The highest BCUT2D eigenvalue weighted by molar-refractivity contribution is 14.1. The molecule has 0 radical (unpaired) electrons. The first kappa shape index (κ1) is 13.2. The number of hydrogen-bond donors (Lipinski definition) is 1. The molecule has 94 valence electrons. The minimum Gasteiger partial charge on any atom is -0.372 e. The molecular formula is C13H15IN4. The summed E-state index contributed by atoms with van der Waals surface area (Å²) in [4.78, 5) is 13.5. The molecule has 4 nitrogen and oxygen atoms in total. The van der Waals surface area contributed by atoms with E-state index in [0.29, 0.717) is 0 Å². The highest BCUT2D eigenvalue weighted by Gasteiger charge is 2.10. The zero-order chi connectivity index (χ0) is 13.3. The van der Waals surface area contributed by atoms with Gasteiger partial charge in [0.15, 0.2) is 5.82 Å². The molecular weight excluding hydrogens is 339 g/mol. The second-order valence-corrected chi connectivity index (χ2v) is 5.26. The first-order valence-corrected chi connectivity index (χ1v) is 6.76. The van der Waals surface area contributed by atoms with Crippen molar-refractivity contribution in [2.24, 2.45) is 0 Å². The van der Waals surface area contributed by atoms with Crippen LogP contribution in [0, 0.1) is 24.3 Å². The Morgan fingerprint density at radius 2 is 1.61 bits per heavy atom. The molecule has 0 aliphatic heterocycles. The Balaban J connectivity index is 2.60. The van der Waals surface area contributed by atoms with E-state index in [1.165, 1.54) is 0 Å². The van der Waals surface area contributed by atoms with Crippen LogP contribution in [0.15, 0.2) is 12.1 Å². The van der Waals surface area contributed by atoms with Gasteiger partial charge in [-0.25, -0.2) is 9.97 Å². The van der Waals surface area contributed by atoms with E-state index in [2.05, 4.69) is 42.9 Å². The number of nitrogens with zero attached hydrogens (tertiary/aromatic N) is 3. The number of nitrogens with one attached hydrogen (secondary N) is 1. The topological polar surface area (TPSA) is 50.7 Å². The SMILES string of the molecule is CNc1nc(-c2cc(C)nc(C)c2)nc(C)c1I. The molecule has 0 aromatic carbocycles. The predicted molar refractivity (Wildman–Crippen MR) is 81.7 cm³/mol. The third kappa shape index (κ3) is 2.60. The lowest BCUT2D eigenvalue weighted by atomic mass is 10.2. The van der Waals surface area contributed by atoms with Gasteiger partial charge in [-0.15, -0.1) is 0 Å². The third-order valence-corrected chi connectivity index (χ3v) is 3.88. The van der Waals surface area contributed by atoms with Gasteiger partial charge >= 0.3 is 0 Å². The lowest BCUT2D eigenvalue weighted by molar-refractivity contribution is 1.07. The van der Waals surface area contributed by atoms with E-state index in [-0.39, 0.29) is 0 Å². The van der Waals surface area contributed by atoms with Crippen LogP contribution < -0.4 is 5.32 Å². The Hall–Kier alpha value is -1.24. The average Bonchev–Trinajstić information content (AvgIpc) is 2.31. The first-order valence-electron chi connectivity index (χ1n) is 5.69. The normalized spacial score (nSPS) is 10.5. The summed E-state index contributed by atoms with van der Waals surface area (Å²) in [6, 6.07) is 4.02. The minimum absolute atomic E-state index is 0.742. The molecule has 2 heterocycles. The van der Waals surface area contributed by atoms with Crippen LogP contribution in [0.1, 0.15) is 17.1 Å². The van der Waals surface area contributed by atoms with Gasteiger partial charge in [0.1, 0.15) is 5.82 Å². The van der Waals surface area contributed by atoms with Gasteiger partial charge in [0, 0.05) is 24.0 Å². The molecule has 0 bridgehead atoms. The van der Waals surface area contributed by atoms with Gasteiger partial charge in [0.2, 0.25) is 0 Å². The lowest BCUT2D eigenvalue weighted by Gasteiger charge is -2.09. The van der Waals surface area contributed by atoms with E-state index in [4.69, 9.17) is 0 Å². The summed E-state index contributed by atoms with van der Waals surface area (Å²) in [5.41, 5.74) is 3.96. The number of aromatic nitrogens is 3. The number of pyridine rings is 1. The van der Waals surface area contributed by atoms with Crippen LogP contribution >= 0.6 is 22.6 Å². The van der Waals surface area contributed by atoms with E-state index in [9.17, 15) is 0 Å². The van der Waals surface area contributed by atoms with Gasteiger partial charge in [0.05, 0.1) is 9.26 Å². The number of anilines is 1. The Labute approximate surface area is 120 Å². The summed E-state index contributed by atoms with van der Waals surface area (Å²) in [6.07, 6.45) is 0. The zero-order valence-electron chi connectivity index (χ0n) is 10.9. The molecule has 2 aromatic rings. The van der Waals surface area contributed by atoms with E-state index in [0.717, 1.165) is 37.9 Å². The molecule has 2 rings (SSSR count). The Morgan fingerprint density at radius 3 is 2.17 bits per heavy atom. The molecule has 0 atom stereocenters. The Morgan fingerprint density at radius 1 is 1.00 bits per heavy atom. The maximum atomic E-state index is 4.55. The molecule has 0 aliphatic rings. The number of aryl methyl sites for hydroxylation is 3. The van der Waals surface area contributed by atoms with Gasteiger partial charge in [-0.1, -0.05) is 0 Å². The molecule has 0 saturated carbocycles. The van der Waals surface area contributed by atoms with Gasteiger partial charge in [-0.3, -0.25) is 4.98 Å². The van der Waals surface area contributed by atoms with E-state index in [1.807, 2.05) is 40.0 Å². The zero-order valence-corrected chi connectivity index (χ0v) is 13.0. The Kier molecular flexibility index (Phi) is 3.79. The third-order valence-electron chi connectivity index (χ3n) is 2.59. The van der Waals surface area contributed by atoms with Crippen LogP contribution in [-0.2, 0) is 0 Å². The van der Waals surface area contributed by atoms with Crippen molar-refractivity contribution in [3.05, 3.63) is 32.8 Å². The smallest absolute Gasteiger partial charge is 0.161 e. The van der Waals surface area contributed by atoms with Gasteiger partial charge in [-0.2, -0.15) is 0 Å². The number of hydrogen-bond acceptors (Lipinski definition) is 4. The summed E-state index contributed by atoms with van der Waals surface area (Å²) in [6.45, 7) is 5.96. The van der Waals surface area contributed by atoms with Crippen molar-refractivity contribution in [3.8, 4) is 11.4 Å². The molecule has 0 fully saturated rings. The highest BCUT2D eigenvalue weighted by Crippen LogP contribution is 2.23. The molecule has 0 aliphatic carbocycles. The van der Waals surface area contributed by atoms with Gasteiger partial charge < -0.3 is 5.32 Å². The van der Waals surface area contributed by atoms with Crippen molar-refractivity contribution in [3.63, 3.8) is 0 Å². The second kappa shape index (κ2) is 5.17. The summed E-state index contributed by atoms with van der Waals surface area (Å²) in [7, 11) is 1.87. The quantitative estimate of drug-likeness (QED) is 0.842. The first-order chi connectivity index (χ1) is 8.51. The van der Waals surface area contributed by atoms with E-state index in [1.54, 1.807) is 0 Å². The van der Waals surface area contributed by atoms with Crippen LogP contribution in [0.5, 0.6) is 0 Å². The number of halogens is 1. The van der Waals surface area contributed by atoms with Crippen molar-refractivity contribution in [2.45, 2.75) is 20.8 Å². The fourth-order valence-electron chi connectivity index (χ4n) is 1.82. The molecule has 0 unspecified atom stereocenters. The van der Waals surface area contributed by atoms with Gasteiger partial charge in [0.25, 0.3) is 0 Å². The van der Waals surface area contributed by atoms with Crippen LogP contribution in [0.4, 0.5) is 5.82 Å². The Bertz CT molecular complexity index is 576. The summed E-state index contributed by atoms with van der Waals surface area (Å²) >= 11 is 2.25. The molecule has 0 spiro atoms. The number of rotatable bonds is 2. The lowest BCUT2D eigenvalue weighted by Crippen LogP contribution is -2.03. The summed E-state index contributed by atoms with van der Waals surface area (Å²) in [5, 5.41) is 3.10. The van der Waals surface area contributed by atoms with Crippen LogP contribution in [-0.4, -0.2) is 22.0 Å². The van der Waals surface area contributed by atoms with Crippen LogP contribution in [0.3, 0.4) is 0 Å². The molecule has 18 heavy (non-hydrogen) atoms. The maximum Gasteiger partial charge on any atom is 0.161 e. The monoisotopic (exact) mass is 354 g/mol. The summed E-state index contributed by atoms with van der Waals surface area (Å²) < 4.78 is 1.06. The minimum atomic E-state index is 0.742. The highest BCUT2D eigenvalue weighted by atomic mass is 127. The van der Waals surface area contributed by atoms with E-state index >= 15 is 0 Å². The molecule has 0 saturated heterocycles. The van der Waals surface area contributed by atoms with E-state index < -0.39 is 0 Å². The van der Waals surface area contributed by atoms with Crippen molar-refractivity contribution >= 4 is 28.4 Å². The summed E-state index contributed by atoms with van der Waals surface area (Å²) in [5.74, 6) is 1.61. The average molecular weight is 354 g/mol. The van der Waals surface area contributed by atoms with Gasteiger partial charge in [-0.05, 0) is 55.5 Å². The van der Waals surface area contributed by atoms with Crippen molar-refractivity contribution < 1.29 is 0 Å². The molecule has 2 aromatic heterocycles. The van der Waals surface area contributed by atoms with Crippen molar-refractivity contribution in [1.82, 2.24) is 15.0 Å². The molecule has 1 N–H and O–H groups in total. The van der Waals surface area contributed by atoms with Crippen molar-refractivity contribution in [1.29, 1.82) is 0 Å². The van der Waals surface area contributed by atoms with Crippen LogP contribution in [0.2, 0.25) is 0 Å². The van der Waals surface area contributed by atoms with Crippen LogP contribution in [0.25, 0.3) is 11.4 Å². The molecule has 0 amide bonds. The maximum absolute atomic E-state index is 4.55. The fraction of sp³-hybridized carbons (Fsp3) is 0.308. The fourth-order valence-corrected chi connectivity index (χ4v) is 2.33. The van der Waals surface area contributed by atoms with Crippen molar-refractivity contribution in [2.75, 3.05) is 12.4 Å².